The highest BCUT2D eigenvalue weighted by Gasteiger charge is 2.38. The Morgan fingerprint density at radius 3 is 2.12 bits per heavy atom. The Morgan fingerprint density at radius 2 is 1.62 bits per heavy atom. The average Bonchev–Trinajstić information content (AvgIpc) is 2.85. The van der Waals surface area contributed by atoms with Gasteiger partial charge in [0.25, 0.3) is 0 Å². The van der Waals surface area contributed by atoms with Crippen LogP contribution in [0.15, 0.2) is 30.3 Å². The first-order valence-corrected chi connectivity index (χ1v) is 17.0. The van der Waals surface area contributed by atoms with E-state index in [0.717, 1.165) is 33.6 Å². The number of hydrogen-bond donors (Lipinski definition) is 2. The van der Waals surface area contributed by atoms with Crippen molar-refractivity contribution >= 4 is 20.4 Å². The van der Waals surface area contributed by atoms with E-state index in [4.69, 9.17) is 9.41 Å². The number of benzene rings is 1. The second kappa shape index (κ2) is 14.0. The lowest BCUT2D eigenvalue weighted by Gasteiger charge is -2.37. The molecule has 0 amide bonds. The maximum absolute atomic E-state index is 14.0. The molecule has 0 aliphatic heterocycles. The Hall–Kier alpha value is -2.39. The summed E-state index contributed by atoms with van der Waals surface area (Å²) in [4.78, 5) is 16.7. The van der Waals surface area contributed by atoms with Crippen LogP contribution in [0.25, 0.3) is 17.2 Å². The van der Waals surface area contributed by atoms with Crippen molar-refractivity contribution in [3.8, 4) is 11.1 Å². The third-order valence-corrected chi connectivity index (χ3v) is 12.1. The van der Waals surface area contributed by atoms with Crippen molar-refractivity contribution in [2.75, 3.05) is 7.11 Å². The summed E-state index contributed by atoms with van der Waals surface area (Å²) in [6.07, 6.45) is 1.19. The van der Waals surface area contributed by atoms with Crippen LogP contribution >= 0.6 is 0 Å². The van der Waals surface area contributed by atoms with E-state index in [9.17, 15) is 19.4 Å². The summed E-state index contributed by atoms with van der Waals surface area (Å²) < 4.78 is 25.3. The lowest BCUT2D eigenvalue weighted by Crippen LogP contribution is -2.40. The molecule has 2 rings (SSSR count). The van der Waals surface area contributed by atoms with Gasteiger partial charge in [-0.15, -0.1) is 0 Å². The molecule has 0 spiro atoms. The zero-order valence-electron chi connectivity index (χ0n) is 25.8. The van der Waals surface area contributed by atoms with Crippen molar-refractivity contribution in [1.82, 2.24) is 4.98 Å². The number of aliphatic hydroxyl groups is 2. The molecule has 2 unspecified atom stereocenters. The molecule has 1 aromatic carbocycles. The summed E-state index contributed by atoms with van der Waals surface area (Å²) in [5.41, 5.74) is 5.31. The Bertz CT molecular complexity index is 1170. The van der Waals surface area contributed by atoms with Gasteiger partial charge in [-0.25, -0.2) is 4.39 Å². The number of halogens is 1. The van der Waals surface area contributed by atoms with Gasteiger partial charge in [0.1, 0.15) is 5.82 Å². The molecule has 1 aromatic heterocycles. The Morgan fingerprint density at radius 1 is 1.05 bits per heavy atom. The fourth-order valence-corrected chi connectivity index (χ4v) is 5.19. The smallest absolute Gasteiger partial charge is 0.308 e. The molecule has 2 atom stereocenters. The lowest BCUT2D eigenvalue weighted by atomic mass is 9.87. The molecule has 222 valence electrons. The van der Waals surface area contributed by atoms with Crippen LogP contribution in [-0.2, 0) is 20.6 Å². The fraction of sp³-hybridized carbons (Fsp3) is 0.562. The summed E-state index contributed by atoms with van der Waals surface area (Å²) in [6, 6.07) is 6.43. The molecule has 0 saturated carbocycles. The number of carbonyl (C=O) groups is 1. The van der Waals surface area contributed by atoms with Crippen LogP contribution in [0, 0.1) is 5.82 Å². The second-order valence-electron chi connectivity index (χ2n) is 12.6. The number of rotatable bonds is 12. The number of carbonyl (C=O) groups excluding carboxylic acids is 1. The lowest BCUT2D eigenvalue weighted by molar-refractivity contribution is -0.143. The van der Waals surface area contributed by atoms with E-state index in [0.29, 0.717) is 6.61 Å². The molecule has 2 N–H and O–H groups in total. The summed E-state index contributed by atoms with van der Waals surface area (Å²) in [6.45, 7) is 19.8. The zero-order valence-corrected chi connectivity index (χ0v) is 26.8. The number of ether oxygens (including phenoxy) is 1. The molecule has 0 saturated heterocycles. The number of aliphatic hydroxyl groups excluding tert-OH is 2. The number of nitrogens with zero attached hydrogens (tertiary/aromatic N) is 1. The van der Waals surface area contributed by atoms with Crippen LogP contribution in [-0.4, -0.2) is 48.8 Å². The summed E-state index contributed by atoms with van der Waals surface area (Å²) in [7, 11) is -0.854. The third-order valence-electron chi connectivity index (χ3n) is 7.64. The topological polar surface area (TPSA) is 88.9 Å². The SMILES string of the molecule is COC(=O)CC(O)CC(O)C=Cc1c(C(C)C)nc(C(C)C)c(CO[Si](C)(C)C(C)(C)C)c1-c1ccc(F)cc1. The first-order valence-electron chi connectivity index (χ1n) is 14.1. The van der Waals surface area contributed by atoms with Gasteiger partial charge in [-0.05, 0) is 53.2 Å². The van der Waals surface area contributed by atoms with Crippen LogP contribution < -0.4 is 0 Å². The van der Waals surface area contributed by atoms with Crippen molar-refractivity contribution in [3.05, 3.63) is 58.7 Å². The Balaban J connectivity index is 2.75. The van der Waals surface area contributed by atoms with E-state index in [-0.39, 0.29) is 35.5 Å². The van der Waals surface area contributed by atoms with E-state index in [1.165, 1.54) is 19.2 Å². The number of methoxy groups -OCH3 is 1. The van der Waals surface area contributed by atoms with Gasteiger partial charge in [-0.3, -0.25) is 9.78 Å². The highest BCUT2D eigenvalue weighted by molar-refractivity contribution is 6.74. The highest BCUT2D eigenvalue weighted by atomic mass is 28.4. The maximum atomic E-state index is 14.0. The van der Waals surface area contributed by atoms with Gasteiger partial charge in [0, 0.05) is 23.2 Å². The van der Waals surface area contributed by atoms with E-state index in [2.05, 4.69) is 66.3 Å². The van der Waals surface area contributed by atoms with Gasteiger partial charge >= 0.3 is 5.97 Å². The van der Waals surface area contributed by atoms with E-state index in [1.807, 2.05) is 6.08 Å². The Kier molecular flexibility index (Phi) is 11.8. The van der Waals surface area contributed by atoms with Gasteiger partial charge in [-0.1, -0.05) is 72.8 Å². The molecular weight excluding hydrogens is 525 g/mol. The van der Waals surface area contributed by atoms with Crippen molar-refractivity contribution in [1.29, 1.82) is 0 Å². The summed E-state index contributed by atoms with van der Waals surface area (Å²) >= 11 is 0. The van der Waals surface area contributed by atoms with Crippen LogP contribution in [0.4, 0.5) is 4.39 Å². The quantitative estimate of drug-likeness (QED) is 0.204. The molecule has 0 aliphatic rings. The van der Waals surface area contributed by atoms with E-state index < -0.39 is 26.5 Å². The predicted octanol–water partition coefficient (Wildman–Crippen LogP) is 7.34. The molecule has 0 radical (unpaired) electrons. The standard InChI is InChI=1S/C32H48FNO5Si/c1-20(2)30-26(16-15-24(35)17-25(36)18-28(37)38-8)29(22-11-13-23(33)14-12-22)27(31(34-30)21(3)4)19-39-40(9,10)32(5,6)7/h11-16,20-21,24-25,35-36H,17-19H2,1-10H3. The number of aromatic nitrogens is 1. The fourth-order valence-electron chi connectivity index (χ4n) is 4.25. The molecule has 2 aromatic rings. The average molecular weight is 574 g/mol. The summed E-state index contributed by atoms with van der Waals surface area (Å²) in [5.74, 6) is -0.679. The van der Waals surface area contributed by atoms with Gasteiger partial charge in [-0.2, -0.15) is 0 Å². The van der Waals surface area contributed by atoms with Gasteiger partial charge in [0.15, 0.2) is 8.32 Å². The minimum absolute atomic E-state index is 0.0181. The molecule has 0 bridgehead atoms. The molecule has 0 aliphatic carbocycles. The zero-order chi connectivity index (χ0) is 30.4. The number of esters is 1. The molecule has 8 heteroatoms. The minimum atomic E-state index is -2.11. The van der Waals surface area contributed by atoms with Crippen molar-refractivity contribution < 1.29 is 28.6 Å². The van der Waals surface area contributed by atoms with Crippen LogP contribution in [0.3, 0.4) is 0 Å². The Labute approximate surface area is 240 Å². The molecule has 0 fully saturated rings. The first-order chi connectivity index (χ1) is 18.5. The normalized spacial score (nSPS) is 14.3. The highest BCUT2D eigenvalue weighted by Crippen LogP contribution is 2.41. The predicted molar refractivity (Wildman–Crippen MR) is 162 cm³/mol. The van der Waals surface area contributed by atoms with Crippen LogP contribution in [0.2, 0.25) is 18.1 Å². The van der Waals surface area contributed by atoms with Crippen molar-refractivity contribution in [3.63, 3.8) is 0 Å². The van der Waals surface area contributed by atoms with E-state index >= 15 is 0 Å². The minimum Gasteiger partial charge on any atom is -0.469 e. The molecule has 1 heterocycles. The maximum Gasteiger partial charge on any atom is 0.308 e. The number of hydrogen-bond acceptors (Lipinski definition) is 6. The summed E-state index contributed by atoms with van der Waals surface area (Å²) in [5, 5.41) is 21.0. The third kappa shape index (κ3) is 8.80. The first kappa shape index (κ1) is 33.8. The monoisotopic (exact) mass is 573 g/mol. The molecular formula is C32H48FNO5Si. The van der Waals surface area contributed by atoms with Gasteiger partial charge < -0.3 is 19.4 Å². The second-order valence-corrected chi connectivity index (χ2v) is 17.4. The largest absolute Gasteiger partial charge is 0.469 e. The molecule has 6 nitrogen and oxygen atoms in total. The van der Waals surface area contributed by atoms with E-state index in [1.54, 1.807) is 18.2 Å². The number of pyridine rings is 1. The van der Waals surface area contributed by atoms with Gasteiger partial charge in [0.2, 0.25) is 0 Å². The van der Waals surface area contributed by atoms with Gasteiger partial charge in [0.05, 0.1) is 38.0 Å². The van der Waals surface area contributed by atoms with Crippen molar-refractivity contribution in [2.24, 2.45) is 0 Å². The molecule has 40 heavy (non-hydrogen) atoms. The van der Waals surface area contributed by atoms with Crippen LogP contribution in [0.1, 0.15) is 95.7 Å². The van der Waals surface area contributed by atoms with Crippen molar-refractivity contribution in [2.45, 2.75) is 110 Å². The van der Waals surface area contributed by atoms with Crippen LogP contribution in [0.5, 0.6) is 0 Å².